The van der Waals surface area contributed by atoms with E-state index in [0.29, 0.717) is 30.3 Å². The lowest BCUT2D eigenvalue weighted by molar-refractivity contribution is 0.0238. The monoisotopic (exact) mass is 353 g/mol. The highest BCUT2D eigenvalue weighted by molar-refractivity contribution is 5.98. The average molecular weight is 353 g/mol. The van der Waals surface area contributed by atoms with Crippen molar-refractivity contribution in [2.75, 3.05) is 13.2 Å². The minimum atomic E-state index is -0.253. The van der Waals surface area contributed by atoms with Gasteiger partial charge in [-0.25, -0.2) is 0 Å². The fourth-order valence-corrected chi connectivity index (χ4v) is 3.66. The van der Waals surface area contributed by atoms with Gasteiger partial charge in [0.15, 0.2) is 11.5 Å². The normalized spacial score (nSPS) is 22.2. The lowest BCUT2D eigenvalue weighted by atomic mass is 9.75. The maximum Gasteiger partial charge on any atom is 0.255 e. The van der Waals surface area contributed by atoms with Crippen LogP contribution in [0, 0.1) is 5.92 Å². The number of ether oxygens (including phenoxy) is 2. The Hall–Kier alpha value is -2.53. The van der Waals surface area contributed by atoms with Crippen molar-refractivity contribution in [3.8, 4) is 11.5 Å². The molecule has 0 aromatic heterocycles. The maximum atomic E-state index is 12.9. The summed E-state index contributed by atoms with van der Waals surface area (Å²) in [4.78, 5) is 12.9. The van der Waals surface area contributed by atoms with Gasteiger partial charge in [0.25, 0.3) is 5.91 Å². The predicted octanol–water partition coefficient (Wildman–Crippen LogP) is 2.57. The molecule has 5 heteroatoms. The smallest absolute Gasteiger partial charge is 0.255 e. The van der Waals surface area contributed by atoms with E-state index in [9.17, 15) is 9.90 Å². The number of carbonyl (C=O) groups is 1. The number of aliphatic hydroxyl groups is 1. The Morgan fingerprint density at radius 3 is 2.62 bits per heavy atom. The quantitative estimate of drug-likeness (QED) is 0.867. The third-order valence-electron chi connectivity index (χ3n) is 5.14. The van der Waals surface area contributed by atoms with Crippen LogP contribution in [0.25, 0.3) is 0 Å². The minimum Gasteiger partial charge on any atom is -0.486 e. The van der Waals surface area contributed by atoms with E-state index in [1.54, 1.807) is 6.07 Å². The molecule has 4 rings (SSSR count). The van der Waals surface area contributed by atoms with Gasteiger partial charge in [-0.15, -0.1) is 0 Å². The highest BCUT2D eigenvalue weighted by atomic mass is 16.6. The van der Waals surface area contributed by atoms with Gasteiger partial charge < -0.3 is 19.9 Å². The van der Waals surface area contributed by atoms with Crippen LogP contribution >= 0.6 is 0 Å². The van der Waals surface area contributed by atoms with E-state index in [-0.39, 0.29) is 24.0 Å². The van der Waals surface area contributed by atoms with Crippen LogP contribution < -0.4 is 14.8 Å². The van der Waals surface area contributed by atoms with Gasteiger partial charge in [0, 0.05) is 6.04 Å². The Labute approximate surface area is 152 Å². The number of aliphatic hydroxyl groups excluding tert-OH is 1. The number of benzene rings is 2. The third kappa shape index (κ3) is 3.53. The minimum absolute atomic E-state index is 0.0198. The summed E-state index contributed by atoms with van der Waals surface area (Å²) in [7, 11) is 0. The fourth-order valence-electron chi connectivity index (χ4n) is 3.66. The van der Waals surface area contributed by atoms with Crippen molar-refractivity contribution in [1.29, 1.82) is 0 Å². The number of nitrogens with one attached hydrogen (secondary N) is 1. The van der Waals surface area contributed by atoms with Crippen molar-refractivity contribution in [2.45, 2.75) is 31.4 Å². The van der Waals surface area contributed by atoms with Crippen LogP contribution in [0.15, 0.2) is 48.5 Å². The second-order valence-corrected chi connectivity index (χ2v) is 6.98. The molecule has 0 bridgehead atoms. The van der Waals surface area contributed by atoms with Gasteiger partial charge in [-0.05, 0) is 42.9 Å². The molecular weight excluding hydrogens is 330 g/mol. The van der Waals surface area contributed by atoms with Crippen LogP contribution in [0.2, 0.25) is 0 Å². The zero-order valence-corrected chi connectivity index (χ0v) is 14.6. The largest absolute Gasteiger partial charge is 0.486 e. The molecule has 136 valence electrons. The Balaban J connectivity index is 1.53. The van der Waals surface area contributed by atoms with Crippen molar-refractivity contribution in [2.24, 2.45) is 5.92 Å². The third-order valence-corrected chi connectivity index (χ3v) is 5.14. The summed E-state index contributed by atoms with van der Waals surface area (Å²) in [6, 6.07) is 15.5. The second-order valence-electron chi connectivity index (χ2n) is 6.98. The van der Waals surface area contributed by atoms with Crippen LogP contribution in [0.5, 0.6) is 11.5 Å². The first-order valence-electron chi connectivity index (χ1n) is 9.12. The van der Waals surface area contributed by atoms with Crippen molar-refractivity contribution in [3.05, 3.63) is 59.7 Å². The van der Waals surface area contributed by atoms with Gasteiger partial charge in [-0.2, -0.15) is 0 Å². The molecule has 0 radical (unpaired) electrons. The van der Waals surface area contributed by atoms with E-state index in [2.05, 4.69) is 17.4 Å². The van der Waals surface area contributed by atoms with Crippen molar-refractivity contribution in [1.82, 2.24) is 5.32 Å². The first kappa shape index (κ1) is 16.9. The fraction of sp³-hybridized carbons (Fsp3) is 0.381. The van der Waals surface area contributed by atoms with Crippen LogP contribution in [0.3, 0.4) is 0 Å². The molecule has 1 fully saturated rings. The molecule has 1 aliphatic carbocycles. The summed E-state index contributed by atoms with van der Waals surface area (Å²) in [6.45, 7) is 0.939. The van der Waals surface area contributed by atoms with Gasteiger partial charge in [0.05, 0.1) is 11.7 Å². The number of carbonyl (C=O) groups excluding carboxylic acids is 1. The molecule has 2 aliphatic rings. The molecule has 1 saturated carbocycles. The topological polar surface area (TPSA) is 67.8 Å². The van der Waals surface area contributed by atoms with Gasteiger partial charge >= 0.3 is 0 Å². The van der Waals surface area contributed by atoms with E-state index in [4.69, 9.17) is 9.47 Å². The number of fused-ring (bicyclic) bond motifs is 1. The molecule has 2 N–H and O–H groups in total. The SMILES string of the molecule is O=C(NC(Cc1ccccc1)C1CC(O)C1)c1cccc2c1OCCO2. The van der Waals surface area contributed by atoms with Crippen LogP contribution in [0.1, 0.15) is 28.8 Å². The number of hydrogen-bond donors (Lipinski definition) is 2. The lowest BCUT2D eigenvalue weighted by Crippen LogP contribution is -2.48. The van der Waals surface area contributed by atoms with E-state index in [1.807, 2.05) is 30.3 Å². The summed E-state index contributed by atoms with van der Waals surface area (Å²) in [5.74, 6) is 1.26. The van der Waals surface area contributed by atoms with Crippen LogP contribution in [0.4, 0.5) is 0 Å². The number of rotatable bonds is 5. The summed E-state index contributed by atoms with van der Waals surface area (Å²) in [6.07, 6.45) is 1.95. The average Bonchev–Trinajstić information content (AvgIpc) is 2.65. The summed E-state index contributed by atoms with van der Waals surface area (Å²) in [5.41, 5.74) is 1.67. The van der Waals surface area contributed by atoms with Crippen molar-refractivity contribution >= 4 is 5.91 Å². The first-order chi connectivity index (χ1) is 12.7. The van der Waals surface area contributed by atoms with Gasteiger partial charge in [-0.3, -0.25) is 4.79 Å². The Morgan fingerprint density at radius 1 is 1.08 bits per heavy atom. The van der Waals surface area contributed by atoms with E-state index in [0.717, 1.165) is 19.3 Å². The Morgan fingerprint density at radius 2 is 1.85 bits per heavy atom. The van der Waals surface area contributed by atoms with Crippen molar-refractivity contribution < 1.29 is 19.4 Å². The Bertz CT molecular complexity index is 771. The highest BCUT2D eigenvalue weighted by Gasteiger charge is 2.35. The molecule has 26 heavy (non-hydrogen) atoms. The lowest BCUT2D eigenvalue weighted by Gasteiger charge is -2.38. The molecule has 0 saturated heterocycles. The molecule has 2 aromatic carbocycles. The van der Waals surface area contributed by atoms with Crippen LogP contribution in [-0.4, -0.2) is 36.4 Å². The molecular formula is C21H23NO4. The first-order valence-corrected chi connectivity index (χ1v) is 9.12. The van der Waals surface area contributed by atoms with Gasteiger partial charge in [0.1, 0.15) is 13.2 Å². The Kier molecular flexibility index (Phi) is 4.80. The molecule has 1 aliphatic heterocycles. The molecule has 2 aromatic rings. The van der Waals surface area contributed by atoms with E-state index >= 15 is 0 Å². The summed E-state index contributed by atoms with van der Waals surface area (Å²) in [5, 5.41) is 12.9. The molecule has 1 unspecified atom stereocenters. The molecule has 1 heterocycles. The number of hydrogen-bond acceptors (Lipinski definition) is 4. The highest BCUT2D eigenvalue weighted by Crippen LogP contribution is 2.35. The van der Waals surface area contributed by atoms with E-state index < -0.39 is 0 Å². The zero-order valence-electron chi connectivity index (χ0n) is 14.6. The molecule has 1 amide bonds. The maximum absolute atomic E-state index is 12.9. The summed E-state index contributed by atoms with van der Waals surface area (Å²) < 4.78 is 11.2. The standard InChI is InChI=1S/C21H23NO4/c23-16-12-15(13-16)18(11-14-5-2-1-3-6-14)22-21(24)17-7-4-8-19-20(17)26-10-9-25-19/h1-8,15-16,18,23H,9-13H2,(H,22,24). The van der Waals surface area contributed by atoms with Gasteiger partial charge in [-0.1, -0.05) is 36.4 Å². The molecule has 5 nitrogen and oxygen atoms in total. The molecule has 0 spiro atoms. The van der Waals surface area contributed by atoms with E-state index in [1.165, 1.54) is 5.56 Å². The zero-order chi connectivity index (χ0) is 17.9. The molecule has 1 atom stereocenters. The second kappa shape index (κ2) is 7.38. The number of para-hydroxylation sites is 1. The van der Waals surface area contributed by atoms with Crippen molar-refractivity contribution in [3.63, 3.8) is 0 Å². The van der Waals surface area contributed by atoms with Gasteiger partial charge in [0.2, 0.25) is 0 Å². The van der Waals surface area contributed by atoms with Crippen LogP contribution in [-0.2, 0) is 6.42 Å². The summed E-state index contributed by atoms with van der Waals surface area (Å²) >= 11 is 0. The number of amides is 1. The predicted molar refractivity (Wildman–Crippen MR) is 97.6 cm³/mol.